The number of nitrogens with zero attached hydrogens (tertiary/aromatic N) is 1. The highest BCUT2D eigenvalue weighted by Crippen LogP contribution is 2.50. The number of ether oxygens (including phenoxy) is 1. The van der Waals surface area contributed by atoms with Crippen LogP contribution in [0.3, 0.4) is 0 Å². The van der Waals surface area contributed by atoms with Crippen LogP contribution >= 0.6 is 23.2 Å². The molecule has 35 heavy (non-hydrogen) atoms. The molecule has 1 aliphatic heterocycles. The average Bonchev–Trinajstić information content (AvgIpc) is 3.11. The van der Waals surface area contributed by atoms with Gasteiger partial charge in [-0.1, -0.05) is 78.3 Å². The number of aliphatic hydroxyl groups is 1. The number of carbonyl (C=O) groups is 1. The molecule has 4 rings (SSSR count). The second kappa shape index (κ2) is 10.00. The number of aliphatic hydroxyl groups excluding tert-OH is 1. The molecule has 0 saturated heterocycles. The zero-order valence-corrected chi connectivity index (χ0v) is 21.2. The van der Waals surface area contributed by atoms with Crippen molar-refractivity contribution < 1.29 is 14.6 Å². The third kappa shape index (κ3) is 4.55. The largest absolute Gasteiger partial charge is 0.392 e. The van der Waals surface area contributed by atoms with Crippen molar-refractivity contribution in [2.24, 2.45) is 0 Å². The maximum absolute atomic E-state index is 14.1. The van der Waals surface area contributed by atoms with E-state index in [1.54, 1.807) is 29.2 Å². The van der Waals surface area contributed by atoms with Crippen LogP contribution in [0.5, 0.6) is 0 Å². The van der Waals surface area contributed by atoms with Crippen LogP contribution in [0.25, 0.3) is 5.57 Å². The number of allylic oxidation sites excluding steroid dienone is 1. The van der Waals surface area contributed by atoms with Crippen LogP contribution in [0.2, 0.25) is 10.0 Å². The Morgan fingerprint density at radius 2 is 1.63 bits per heavy atom. The molecule has 0 bridgehead atoms. The summed E-state index contributed by atoms with van der Waals surface area (Å²) >= 11 is 12.3. The van der Waals surface area contributed by atoms with E-state index in [0.717, 1.165) is 22.3 Å². The van der Waals surface area contributed by atoms with Gasteiger partial charge in [0, 0.05) is 26.7 Å². The number of hydrogen-bond acceptors (Lipinski definition) is 3. The van der Waals surface area contributed by atoms with E-state index >= 15 is 0 Å². The minimum Gasteiger partial charge on any atom is -0.392 e. The van der Waals surface area contributed by atoms with Crippen molar-refractivity contribution in [2.75, 3.05) is 13.2 Å². The molecule has 0 aliphatic carbocycles. The Labute approximate surface area is 216 Å². The number of carbonyl (C=O) groups excluding carboxylic acids is 1. The van der Waals surface area contributed by atoms with Crippen molar-refractivity contribution in [3.05, 3.63) is 123 Å². The molecule has 3 aromatic carbocycles. The highest BCUT2D eigenvalue weighted by molar-refractivity contribution is 6.30. The van der Waals surface area contributed by atoms with E-state index in [4.69, 9.17) is 27.9 Å². The lowest BCUT2D eigenvalue weighted by atomic mass is 9.90. The normalized spacial score (nSPS) is 17.9. The second-order valence-corrected chi connectivity index (χ2v) is 9.66. The molecule has 1 heterocycles. The van der Waals surface area contributed by atoms with Gasteiger partial charge in [0.05, 0.1) is 19.3 Å². The number of halogens is 2. The first kappa shape index (κ1) is 25.2. The lowest BCUT2D eigenvalue weighted by Crippen LogP contribution is -2.48. The summed E-state index contributed by atoms with van der Waals surface area (Å²) in [5.74, 6) is -0.171. The zero-order chi connectivity index (χ0) is 25.3. The van der Waals surface area contributed by atoms with Gasteiger partial charge in [0.15, 0.2) is 5.72 Å². The smallest absolute Gasteiger partial charge is 0.257 e. The van der Waals surface area contributed by atoms with Crippen molar-refractivity contribution in [3.8, 4) is 0 Å². The van der Waals surface area contributed by atoms with Gasteiger partial charge in [-0.15, -0.1) is 0 Å². The predicted molar refractivity (Wildman–Crippen MR) is 142 cm³/mol. The molecule has 0 radical (unpaired) electrons. The maximum Gasteiger partial charge on any atom is 0.257 e. The molecule has 0 spiro atoms. The van der Waals surface area contributed by atoms with Gasteiger partial charge in [-0.2, -0.15) is 0 Å². The Kier molecular flexibility index (Phi) is 7.20. The Morgan fingerprint density at radius 1 is 1.03 bits per heavy atom. The number of fused-ring (bicyclic) bond motifs is 1. The SMILES string of the molecule is C=C(CO)CO[C@@]1(c2ccc(Cl)cc2)c2ccc(C(=C)C)cc2C(=O)N1[C@@H](C)c1ccc(Cl)cc1. The molecule has 6 heteroatoms. The van der Waals surface area contributed by atoms with Crippen LogP contribution < -0.4 is 0 Å². The summed E-state index contributed by atoms with van der Waals surface area (Å²) in [5, 5.41) is 10.8. The highest BCUT2D eigenvalue weighted by atomic mass is 35.5. The Bertz CT molecular complexity index is 1280. The molecule has 0 aromatic heterocycles. The molecule has 0 saturated carbocycles. The summed E-state index contributed by atoms with van der Waals surface area (Å²) in [6, 6.07) is 20.0. The van der Waals surface area contributed by atoms with E-state index in [9.17, 15) is 9.90 Å². The molecule has 4 nitrogen and oxygen atoms in total. The molecule has 3 aromatic rings. The molecule has 1 amide bonds. The second-order valence-electron chi connectivity index (χ2n) is 8.79. The molecule has 2 atom stereocenters. The van der Waals surface area contributed by atoms with Crippen molar-refractivity contribution in [1.29, 1.82) is 0 Å². The van der Waals surface area contributed by atoms with Gasteiger partial charge in [0.1, 0.15) is 0 Å². The minimum absolute atomic E-state index is 0.0535. The summed E-state index contributed by atoms with van der Waals surface area (Å²) in [7, 11) is 0. The number of benzene rings is 3. The van der Waals surface area contributed by atoms with Gasteiger partial charge >= 0.3 is 0 Å². The minimum atomic E-state index is -1.28. The van der Waals surface area contributed by atoms with Crippen LogP contribution in [0.15, 0.2) is 85.5 Å². The lowest BCUT2D eigenvalue weighted by molar-refractivity contribution is -0.114. The van der Waals surface area contributed by atoms with Crippen molar-refractivity contribution in [3.63, 3.8) is 0 Å². The van der Waals surface area contributed by atoms with E-state index in [-0.39, 0.29) is 25.2 Å². The average molecular weight is 508 g/mol. The van der Waals surface area contributed by atoms with Crippen LogP contribution in [0.4, 0.5) is 0 Å². The fraction of sp³-hybridized carbons (Fsp3) is 0.207. The van der Waals surface area contributed by atoms with Gasteiger partial charge in [0.2, 0.25) is 0 Å². The first-order valence-electron chi connectivity index (χ1n) is 11.3. The molecule has 0 fully saturated rings. The Hall–Kier alpha value is -2.89. The van der Waals surface area contributed by atoms with Gasteiger partial charge in [0.25, 0.3) is 5.91 Å². The van der Waals surface area contributed by atoms with Crippen LogP contribution in [0.1, 0.15) is 52.5 Å². The quantitative estimate of drug-likeness (QED) is 0.333. The standard InChI is InChI=1S/C29H27Cl2NO3/c1-18(2)22-7-14-27-26(15-22)28(34)32(20(4)21-5-10-24(30)11-6-21)29(27,35-17-19(3)16-33)23-8-12-25(31)13-9-23/h5-15,20,33H,1,3,16-17H2,2,4H3/t20-,29-/m0/s1. The monoisotopic (exact) mass is 507 g/mol. The predicted octanol–water partition coefficient (Wildman–Crippen LogP) is 7.01. The van der Waals surface area contributed by atoms with E-state index in [1.807, 2.05) is 56.3 Å². The van der Waals surface area contributed by atoms with Gasteiger partial charge in [-0.25, -0.2) is 0 Å². The van der Waals surface area contributed by atoms with E-state index in [2.05, 4.69) is 13.2 Å². The summed E-state index contributed by atoms with van der Waals surface area (Å²) in [6.07, 6.45) is 0. The fourth-order valence-electron chi connectivity index (χ4n) is 4.48. The summed E-state index contributed by atoms with van der Waals surface area (Å²) < 4.78 is 6.60. The Morgan fingerprint density at radius 3 is 2.20 bits per heavy atom. The molecule has 1 aliphatic rings. The first-order chi connectivity index (χ1) is 16.7. The topological polar surface area (TPSA) is 49.8 Å². The summed E-state index contributed by atoms with van der Waals surface area (Å²) in [5.41, 5.74) is 3.85. The fourth-order valence-corrected chi connectivity index (χ4v) is 4.73. The van der Waals surface area contributed by atoms with E-state index in [0.29, 0.717) is 26.7 Å². The van der Waals surface area contributed by atoms with Crippen LogP contribution in [0, 0.1) is 0 Å². The summed E-state index contributed by atoms with van der Waals surface area (Å²) in [6.45, 7) is 11.6. The lowest BCUT2D eigenvalue weighted by Gasteiger charge is -2.43. The van der Waals surface area contributed by atoms with Gasteiger partial charge < -0.3 is 9.84 Å². The van der Waals surface area contributed by atoms with E-state index in [1.165, 1.54) is 0 Å². The van der Waals surface area contributed by atoms with Gasteiger partial charge in [-0.05, 0) is 60.9 Å². The van der Waals surface area contributed by atoms with E-state index < -0.39 is 5.72 Å². The van der Waals surface area contributed by atoms with Crippen molar-refractivity contribution in [2.45, 2.75) is 25.6 Å². The number of hydrogen-bond donors (Lipinski definition) is 1. The summed E-state index contributed by atoms with van der Waals surface area (Å²) in [4.78, 5) is 15.9. The van der Waals surface area contributed by atoms with Crippen molar-refractivity contribution >= 4 is 34.7 Å². The van der Waals surface area contributed by atoms with Crippen LogP contribution in [-0.4, -0.2) is 29.1 Å². The third-order valence-corrected chi connectivity index (χ3v) is 6.85. The third-order valence-electron chi connectivity index (χ3n) is 6.35. The molecular weight excluding hydrogens is 481 g/mol. The van der Waals surface area contributed by atoms with Crippen LogP contribution in [-0.2, 0) is 10.5 Å². The van der Waals surface area contributed by atoms with Gasteiger partial charge in [-0.3, -0.25) is 9.69 Å². The Balaban J connectivity index is 1.99. The molecule has 0 unspecified atom stereocenters. The molecule has 180 valence electrons. The molecule has 1 N–H and O–H groups in total. The zero-order valence-electron chi connectivity index (χ0n) is 19.7. The molecular formula is C29H27Cl2NO3. The van der Waals surface area contributed by atoms with Crippen molar-refractivity contribution in [1.82, 2.24) is 4.90 Å². The first-order valence-corrected chi connectivity index (χ1v) is 12.0. The number of rotatable bonds is 8. The highest BCUT2D eigenvalue weighted by Gasteiger charge is 2.54. The maximum atomic E-state index is 14.1. The number of amides is 1.